The number of rotatable bonds is 7. The van der Waals surface area contributed by atoms with Gasteiger partial charge in [-0.05, 0) is 30.7 Å². The van der Waals surface area contributed by atoms with Crippen LogP contribution in [-0.4, -0.2) is 40.2 Å². The topological polar surface area (TPSA) is 68.5 Å². The van der Waals surface area contributed by atoms with Gasteiger partial charge in [-0.2, -0.15) is 0 Å². The molecule has 4 rings (SSSR count). The molecule has 6 nitrogen and oxygen atoms in total. The predicted octanol–water partition coefficient (Wildman–Crippen LogP) is 4.41. The van der Waals surface area contributed by atoms with Gasteiger partial charge in [0.05, 0.1) is 0 Å². The van der Waals surface area contributed by atoms with E-state index in [1.165, 1.54) is 12.1 Å². The molecule has 0 saturated carbocycles. The maximum absolute atomic E-state index is 13.7. The van der Waals surface area contributed by atoms with Crippen LogP contribution in [0.1, 0.15) is 31.6 Å². The third-order valence-corrected chi connectivity index (χ3v) is 5.25. The minimum atomic E-state index is -0.713. The van der Waals surface area contributed by atoms with Crippen molar-refractivity contribution in [3.05, 3.63) is 66.1 Å². The Morgan fingerprint density at radius 2 is 1.87 bits per heavy atom. The molecule has 1 amide bonds. The van der Waals surface area contributed by atoms with Crippen molar-refractivity contribution in [3.63, 3.8) is 0 Å². The molecule has 0 bridgehead atoms. The molecule has 162 valence electrons. The molecule has 31 heavy (non-hydrogen) atoms. The highest BCUT2D eigenvalue weighted by Gasteiger charge is 2.24. The van der Waals surface area contributed by atoms with Crippen LogP contribution in [-0.2, 0) is 11.2 Å². The van der Waals surface area contributed by atoms with Crippen molar-refractivity contribution in [2.75, 3.05) is 13.1 Å². The van der Waals surface area contributed by atoms with Crippen molar-refractivity contribution >= 4 is 5.91 Å². The van der Waals surface area contributed by atoms with Crippen molar-refractivity contribution in [1.82, 2.24) is 15.1 Å². The van der Waals surface area contributed by atoms with Crippen LogP contribution in [0.2, 0.25) is 0 Å². The van der Waals surface area contributed by atoms with Crippen LogP contribution in [0.15, 0.2) is 52.9 Å². The SMILES string of the molecule is O=C(CCCc1nnc(-c2ccccc2)o1)N1CCC(Oc2ccc(F)cc2F)CC1. The fraction of sp³-hybridized carbons (Fsp3) is 0.348. The zero-order valence-corrected chi connectivity index (χ0v) is 17.0. The number of hydrogen-bond donors (Lipinski definition) is 0. The summed E-state index contributed by atoms with van der Waals surface area (Å²) in [4.78, 5) is 14.3. The maximum atomic E-state index is 13.7. The number of benzene rings is 2. The number of likely N-dealkylation sites (tertiary alicyclic amines) is 1. The summed E-state index contributed by atoms with van der Waals surface area (Å²) < 4.78 is 38.0. The molecule has 0 aliphatic carbocycles. The highest BCUT2D eigenvalue weighted by molar-refractivity contribution is 5.76. The van der Waals surface area contributed by atoms with E-state index in [0.29, 0.717) is 57.0 Å². The van der Waals surface area contributed by atoms with Crippen molar-refractivity contribution < 1.29 is 22.7 Å². The quantitative estimate of drug-likeness (QED) is 0.559. The van der Waals surface area contributed by atoms with Crippen LogP contribution in [0, 0.1) is 11.6 Å². The average molecular weight is 427 g/mol. The fourth-order valence-corrected chi connectivity index (χ4v) is 3.57. The Morgan fingerprint density at radius 1 is 1.10 bits per heavy atom. The lowest BCUT2D eigenvalue weighted by Gasteiger charge is -2.32. The van der Waals surface area contributed by atoms with E-state index in [9.17, 15) is 13.6 Å². The number of piperidine rings is 1. The number of ether oxygens (including phenoxy) is 1. The van der Waals surface area contributed by atoms with Gasteiger partial charge in [0.25, 0.3) is 0 Å². The second-order valence-corrected chi connectivity index (χ2v) is 7.49. The Bertz CT molecular complexity index is 1020. The minimum Gasteiger partial charge on any atom is -0.487 e. The van der Waals surface area contributed by atoms with E-state index >= 15 is 0 Å². The lowest BCUT2D eigenvalue weighted by Crippen LogP contribution is -2.41. The average Bonchev–Trinajstić information content (AvgIpc) is 3.26. The Hall–Kier alpha value is -3.29. The lowest BCUT2D eigenvalue weighted by molar-refractivity contribution is -0.133. The highest BCUT2D eigenvalue weighted by atomic mass is 19.1. The number of carbonyl (C=O) groups excluding carboxylic acids is 1. The summed E-state index contributed by atoms with van der Waals surface area (Å²) in [5, 5.41) is 8.11. The fourth-order valence-electron chi connectivity index (χ4n) is 3.57. The maximum Gasteiger partial charge on any atom is 0.247 e. The minimum absolute atomic E-state index is 0.0422. The number of aromatic nitrogens is 2. The summed E-state index contributed by atoms with van der Waals surface area (Å²) in [7, 11) is 0. The summed E-state index contributed by atoms with van der Waals surface area (Å²) in [6, 6.07) is 12.8. The standard InChI is InChI=1S/C23H23F2N3O3/c24-17-9-10-20(19(25)15-17)30-18-11-13-28(14-12-18)22(29)8-4-7-21-26-27-23(31-21)16-5-2-1-3-6-16/h1-3,5-6,9-10,15,18H,4,7-8,11-14H2. The summed E-state index contributed by atoms with van der Waals surface area (Å²) in [6.45, 7) is 1.09. The molecule has 0 N–H and O–H groups in total. The highest BCUT2D eigenvalue weighted by Crippen LogP contribution is 2.23. The monoisotopic (exact) mass is 427 g/mol. The van der Waals surface area contributed by atoms with Gasteiger partial charge in [-0.3, -0.25) is 4.79 Å². The molecule has 2 heterocycles. The van der Waals surface area contributed by atoms with Gasteiger partial charge in [0.1, 0.15) is 11.9 Å². The van der Waals surface area contributed by atoms with Crippen LogP contribution in [0.25, 0.3) is 11.5 Å². The van der Waals surface area contributed by atoms with Crippen LogP contribution in [0.4, 0.5) is 8.78 Å². The molecule has 0 unspecified atom stereocenters. The molecule has 1 aromatic heterocycles. The van der Waals surface area contributed by atoms with E-state index in [2.05, 4.69) is 10.2 Å². The lowest BCUT2D eigenvalue weighted by atomic mass is 10.1. The zero-order chi connectivity index (χ0) is 21.6. The van der Waals surface area contributed by atoms with Crippen LogP contribution < -0.4 is 4.74 Å². The Labute approximate surface area is 178 Å². The molecule has 3 aromatic rings. The summed E-state index contributed by atoms with van der Waals surface area (Å²) in [6.07, 6.45) is 2.56. The van der Waals surface area contributed by atoms with Gasteiger partial charge in [0, 0.05) is 50.4 Å². The van der Waals surface area contributed by atoms with E-state index < -0.39 is 11.6 Å². The normalized spacial score (nSPS) is 14.6. The summed E-state index contributed by atoms with van der Waals surface area (Å²) >= 11 is 0. The van der Waals surface area contributed by atoms with Crippen LogP contribution in [0.5, 0.6) is 5.75 Å². The molecular formula is C23H23F2N3O3. The first-order valence-electron chi connectivity index (χ1n) is 10.4. The smallest absolute Gasteiger partial charge is 0.247 e. The van der Waals surface area contributed by atoms with E-state index in [1.807, 2.05) is 30.3 Å². The number of carbonyl (C=O) groups is 1. The first kappa shape index (κ1) is 21.0. The number of amides is 1. The van der Waals surface area contributed by atoms with E-state index in [1.54, 1.807) is 4.90 Å². The van der Waals surface area contributed by atoms with Gasteiger partial charge in [-0.15, -0.1) is 10.2 Å². The van der Waals surface area contributed by atoms with Gasteiger partial charge in [0.2, 0.25) is 17.7 Å². The van der Waals surface area contributed by atoms with Crippen molar-refractivity contribution in [2.24, 2.45) is 0 Å². The molecule has 1 aliphatic rings. The van der Waals surface area contributed by atoms with Crippen molar-refractivity contribution in [3.8, 4) is 17.2 Å². The first-order chi connectivity index (χ1) is 15.1. The Kier molecular flexibility index (Phi) is 6.54. The number of nitrogens with zero attached hydrogens (tertiary/aromatic N) is 3. The molecule has 0 atom stereocenters. The molecule has 1 aliphatic heterocycles. The molecule has 2 aromatic carbocycles. The van der Waals surface area contributed by atoms with Crippen LogP contribution in [0.3, 0.4) is 0 Å². The second kappa shape index (κ2) is 9.68. The molecule has 8 heteroatoms. The van der Waals surface area contributed by atoms with E-state index in [-0.39, 0.29) is 17.8 Å². The number of hydrogen-bond acceptors (Lipinski definition) is 5. The van der Waals surface area contributed by atoms with Gasteiger partial charge >= 0.3 is 0 Å². The van der Waals surface area contributed by atoms with Gasteiger partial charge in [-0.25, -0.2) is 8.78 Å². The van der Waals surface area contributed by atoms with Gasteiger partial charge in [0.15, 0.2) is 11.6 Å². The first-order valence-corrected chi connectivity index (χ1v) is 10.4. The second-order valence-electron chi connectivity index (χ2n) is 7.49. The molecule has 0 spiro atoms. The molecule has 1 fully saturated rings. The zero-order valence-electron chi connectivity index (χ0n) is 17.0. The Morgan fingerprint density at radius 3 is 2.61 bits per heavy atom. The number of aryl methyl sites for hydroxylation is 1. The van der Waals surface area contributed by atoms with E-state index in [0.717, 1.165) is 11.6 Å². The van der Waals surface area contributed by atoms with Crippen molar-refractivity contribution in [2.45, 2.75) is 38.2 Å². The van der Waals surface area contributed by atoms with E-state index in [4.69, 9.17) is 9.15 Å². The van der Waals surface area contributed by atoms with Gasteiger partial charge < -0.3 is 14.1 Å². The summed E-state index contributed by atoms with van der Waals surface area (Å²) in [5.41, 5.74) is 0.864. The molecule has 0 radical (unpaired) electrons. The third-order valence-electron chi connectivity index (χ3n) is 5.25. The predicted molar refractivity (Wildman–Crippen MR) is 109 cm³/mol. The third kappa shape index (κ3) is 5.45. The summed E-state index contributed by atoms with van der Waals surface area (Å²) in [5.74, 6) is -0.256. The van der Waals surface area contributed by atoms with Crippen molar-refractivity contribution in [1.29, 1.82) is 0 Å². The van der Waals surface area contributed by atoms with Gasteiger partial charge in [-0.1, -0.05) is 18.2 Å². The molecule has 1 saturated heterocycles. The van der Waals surface area contributed by atoms with Crippen LogP contribution >= 0.6 is 0 Å². The molecular weight excluding hydrogens is 404 g/mol. The largest absolute Gasteiger partial charge is 0.487 e. The number of halogens is 2. The Balaban J connectivity index is 1.19.